The second-order valence-corrected chi connectivity index (χ2v) is 4.22. The molecule has 1 aromatic rings. The number of halogens is 3. The van der Waals surface area contributed by atoms with Gasteiger partial charge in [-0.05, 0) is 12.1 Å². The number of carbonyl (C=O) groups excluding carboxylic acids is 1. The van der Waals surface area contributed by atoms with Crippen LogP contribution in [-0.4, -0.2) is 18.4 Å². The van der Waals surface area contributed by atoms with Crippen molar-refractivity contribution < 1.29 is 9.53 Å². The first-order valence-corrected chi connectivity index (χ1v) is 5.27. The molecule has 6 heteroatoms. The van der Waals surface area contributed by atoms with Crippen molar-refractivity contribution in [3.8, 4) is 5.75 Å². The SMILES string of the molecule is Cl.NC1CCOc2c(Cl)cc(Cl)cc2C1=O. The summed E-state index contributed by atoms with van der Waals surface area (Å²) in [4.78, 5) is 11.8. The molecule has 2 N–H and O–H groups in total. The van der Waals surface area contributed by atoms with Crippen molar-refractivity contribution in [2.24, 2.45) is 5.73 Å². The number of fused-ring (bicyclic) bond motifs is 1. The Morgan fingerprint density at radius 1 is 1.38 bits per heavy atom. The average Bonchev–Trinajstić information content (AvgIpc) is 2.30. The van der Waals surface area contributed by atoms with Gasteiger partial charge in [0.25, 0.3) is 0 Å². The van der Waals surface area contributed by atoms with Crippen molar-refractivity contribution in [1.82, 2.24) is 0 Å². The van der Waals surface area contributed by atoms with Crippen molar-refractivity contribution in [2.45, 2.75) is 12.5 Å². The third kappa shape index (κ3) is 2.43. The van der Waals surface area contributed by atoms with Gasteiger partial charge in [0.1, 0.15) is 5.75 Å². The zero-order valence-corrected chi connectivity index (χ0v) is 10.5. The van der Waals surface area contributed by atoms with Crippen molar-refractivity contribution in [1.29, 1.82) is 0 Å². The predicted molar refractivity (Wildman–Crippen MR) is 66.1 cm³/mol. The Kier molecular flexibility index (Phi) is 4.44. The van der Waals surface area contributed by atoms with Crippen LogP contribution in [0.4, 0.5) is 0 Å². The molecule has 0 radical (unpaired) electrons. The van der Waals surface area contributed by atoms with Crippen LogP contribution in [-0.2, 0) is 0 Å². The Morgan fingerprint density at radius 3 is 2.75 bits per heavy atom. The largest absolute Gasteiger partial charge is 0.491 e. The quantitative estimate of drug-likeness (QED) is 0.796. The summed E-state index contributed by atoms with van der Waals surface area (Å²) in [7, 11) is 0. The number of ketones is 1. The molecule has 2 rings (SSSR count). The van der Waals surface area contributed by atoms with Gasteiger partial charge in [0.05, 0.1) is 23.2 Å². The van der Waals surface area contributed by atoms with Crippen molar-refractivity contribution >= 4 is 41.4 Å². The van der Waals surface area contributed by atoms with Gasteiger partial charge >= 0.3 is 0 Å². The van der Waals surface area contributed by atoms with E-state index < -0.39 is 6.04 Å². The molecule has 1 aliphatic heterocycles. The van der Waals surface area contributed by atoms with Gasteiger partial charge in [0.2, 0.25) is 0 Å². The highest BCUT2D eigenvalue weighted by Gasteiger charge is 2.25. The van der Waals surface area contributed by atoms with Crippen LogP contribution in [0.25, 0.3) is 0 Å². The second-order valence-electron chi connectivity index (χ2n) is 3.37. The molecule has 0 amide bonds. The first-order valence-electron chi connectivity index (χ1n) is 4.51. The highest BCUT2D eigenvalue weighted by molar-refractivity contribution is 6.36. The van der Waals surface area contributed by atoms with Gasteiger partial charge in [-0.3, -0.25) is 4.79 Å². The molecule has 0 bridgehead atoms. The van der Waals surface area contributed by atoms with E-state index in [-0.39, 0.29) is 18.2 Å². The Balaban J connectivity index is 0.00000128. The fourth-order valence-corrected chi connectivity index (χ4v) is 2.06. The summed E-state index contributed by atoms with van der Waals surface area (Å²) in [5.74, 6) is 0.214. The molecule has 1 atom stereocenters. The normalized spacial score (nSPS) is 19.2. The van der Waals surface area contributed by atoms with Crippen LogP contribution in [0.3, 0.4) is 0 Å². The molecular formula is C10H10Cl3NO2. The minimum Gasteiger partial charge on any atom is -0.491 e. The summed E-state index contributed by atoms with van der Waals surface area (Å²) in [6.07, 6.45) is 0.488. The molecule has 3 nitrogen and oxygen atoms in total. The highest BCUT2D eigenvalue weighted by Crippen LogP contribution is 2.34. The molecule has 0 spiro atoms. The molecule has 1 unspecified atom stereocenters. The van der Waals surface area contributed by atoms with Crippen LogP contribution in [0, 0.1) is 0 Å². The summed E-state index contributed by atoms with van der Waals surface area (Å²) in [5.41, 5.74) is 6.05. The van der Waals surface area contributed by atoms with Crippen LogP contribution in [0.1, 0.15) is 16.8 Å². The first kappa shape index (κ1) is 13.6. The maximum absolute atomic E-state index is 11.8. The average molecular weight is 283 g/mol. The number of hydrogen-bond donors (Lipinski definition) is 1. The van der Waals surface area contributed by atoms with Crippen molar-refractivity contribution in [3.63, 3.8) is 0 Å². The van der Waals surface area contributed by atoms with Gasteiger partial charge in [-0.2, -0.15) is 0 Å². The van der Waals surface area contributed by atoms with Crippen LogP contribution < -0.4 is 10.5 Å². The third-order valence-electron chi connectivity index (χ3n) is 2.29. The molecule has 0 aromatic heterocycles. The summed E-state index contributed by atoms with van der Waals surface area (Å²) < 4.78 is 5.38. The predicted octanol–water partition coefficient (Wildman–Crippen LogP) is 2.71. The van der Waals surface area contributed by atoms with Crippen LogP contribution >= 0.6 is 35.6 Å². The summed E-state index contributed by atoms with van der Waals surface area (Å²) in [6.45, 7) is 0.390. The van der Waals surface area contributed by atoms with E-state index in [1.165, 1.54) is 6.07 Å². The topological polar surface area (TPSA) is 52.3 Å². The molecule has 0 saturated heterocycles. The summed E-state index contributed by atoms with van der Waals surface area (Å²) in [6, 6.07) is 2.54. The maximum Gasteiger partial charge on any atom is 0.183 e. The number of benzene rings is 1. The van der Waals surface area contributed by atoms with E-state index >= 15 is 0 Å². The smallest absolute Gasteiger partial charge is 0.183 e. The Bertz CT molecular complexity index is 423. The monoisotopic (exact) mass is 281 g/mol. The highest BCUT2D eigenvalue weighted by atomic mass is 35.5. The van der Waals surface area contributed by atoms with E-state index in [1.807, 2.05) is 0 Å². The number of carbonyl (C=O) groups is 1. The fraction of sp³-hybridized carbons (Fsp3) is 0.300. The third-order valence-corrected chi connectivity index (χ3v) is 2.78. The minimum absolute atomic E-state index is 0. The van der Waals surface area contributed by atoms with Gasteiger partial charge in [-0.15, -0.1) is 12.4 Å². The van der Waals surface area contributed by atoms with Gasteiger partial charge in [0.15, 0.2) is 5.78 Å². The van der Waals surface area contributed by atoms with E-state index in [9.17, 15) is 4.79 Å². The zero-order chi connectivity index (χ0) is 11.0. The number of Topliss-reactive ketones (excluding diaryl/α,β-unsaturated/α-hetero) is 1. The van der Waals surface area contributed by atoms with Gasteiger partial charge in [0, 0.05) is 11.4 Å². The van der Waals surface area contributed by atoms with E-state index in [0.29, 0.717) is 34.4 Å². The Labute approximate surface area is 109 Å². The van der Waals surface area contributed by atoms with E-state index in [4.69, 9.17) is 33.7 Å². The molecule has 0 saturated carbocycles. The molecule has 1 aromatic carbocycles. The maximum atomic E-state index is 11.8. The first-order chi connectivity index (χ1) is 7.09. The number of nitrogens with two attached hydrogens (primary N) is 1. The minimum atomic E-state index is -0.541. The Morgan fingerprint density at radius 2 is 2.06 bits per heavy atom. The van der Waals surface area contributed by atoms with Crippen molar-refractivity contribution in [3.05, 3.63) is 27.7 Å². The molecule has 88 valence electrons. The number of hydrogen-bond acceptors (Lipinski definition) is 3. The number of rotatable bonds is 0. The van der Waals surface area contributed by atoms with E-state index in [2.05, 4.69) is 0 Å². The summed E-state index contributed by atoms with van der Waals surface area (Å²) in [5, 5.41) is 0.754. The molecule has 1 heterocycles. The number of ether oxygens (including phenoxy) is 1. The molecule has 0 fully saturated rings. The van der Waals surface area contributed by atoms with Gasteiger partial charge in [-0.25, -0.2) is 0 Å². The lowest BCUT2D eigenvalue weighted by Gasteiger charge is -2.08. The van der Waals surface area contributed by atoms with Crippen LogP contribution in [0.15, 0.2) is 12.1 Å². The zero-order valence-electron chi connectivity index (χ0n) is 8.20. The van der Waals surface area contributed by atoms with E-state index in [1.54, 1.807) is 6.07 Å². The van der Waals surface area contributed by atoms with Gasteiger partial charge in [-0.1, -0.05) is 23.2 Å². The second kappa shape index (κ2) is 5.23. The molecule has 1 aliphatic rings. The van der Waals surface area contributed by atoms with Crippen LogP contribution in [0.2, 0.25) is 10.0 Å². The lowest BCUT2D eigenvalue weighted by molar-refractivity contribution is 0.0960. The standard InChI is InChI=1S/C10H9Cl2NO2.ClH/c11-5-3-6-9(14)8(13)1-2-15-10(6)7(12)4-5;/h3-4,8H,1-2,13H2;1H. The lowest BCUT2D eigenvalue weighted by atomic mass is 10.0. The fourth-order valence-electron chi connectivity index (χ4n) is 1.51. The molecular weight excluding hydrogens is 272 g/mol. The summed E-state index contributed by atoms with van der Waals surface area (Å²) >= 11 is 11.7. The van der Waals surface area contributed by atoms with Crippen LogP contribution in [0.5, 0.6) is 5.75 Å². The lowest BCUT2D eigenvalue weighted by Crippen LogP contribution is -2.30. The van der Waals surface area contributed by atoms with Gasteiger partial charge < -0.3 is 10.5 Å². The Hall–Kier alpha value is -0.480. The molecule has 0 aliphatic carbocycles. The van der Waals surface area contributed by atoms with E-state index in [0.717, 1.165) is 0 Å². The molecule has 16 heavy (non-hydrogen) atoms. The van der Waals surface area contributed by atoms with Crippen molar-refractivity contribution in [2.75, 3.05) is 6.61 Å².